The van der Waals surface area contributed by atoms with Crippen LogP contribution >= 0.6 is 11.8 Å². The van der Waals surface area contributed by atoms with Crippen molar-refractivity contribution in [2.75, 3.05) is 30.8 Å². The molecule has 116 valence electrons. The van der Waals surface area contributed by atoms with Crippen LogP contribution in [-0.4, -0.2) is 48.7 Å². The van der Waals surface area contributed by atoms with Crippen LogP contribution in [0.5, 0.6) is 0 Å². The van der Waals surface area contributed by atoms with Gasteiger partial charge in [0, 0.05) is 35.8 Å². The molecule has 0 aliphatic carbocycles. The minimum Gasteiger partial charge on any atom is -0.384 e. The van der Waals surface area contributed by atoms with E-state index in [4.69, 9.17) is 11.1 Å². The molecule has 1 heterocycles. The van der Waals surface area contributed by atoms with E-state index in [-0.39, 0.29) is 5.84 Å². The molecule has 0 amide bonds. The zero-order chi connectivity index (χ0) is 15.6. The Balaban J connectivity index is 2.39. The Morgan fingerprint density at radius 2 is 1.95 bits per heavy atom. The Morgan fingerprint density at radius 1 is 1.33 bits per heavy atom. The van der Waals surface area contributed by atoms with Gasteiger partial charge in [0.1, 0.15) is 5.84 Å². The first-order chi connectivity index (χ1) is 9.95. The summed E-state index contributed by atoms with van der Waals surface area (Å²) in [5.41, 5.74) is 7.88. The molecule has 1 aromatic carbocycles. The number of thioether (sulfide) groups is 1. The Labute approximate surface area is 132 Å². The number of nitrogen functional groups attached to an aromatic ring is 1. The van der Waals surface area contributed by atoms with Crippen molar-refractivity contribution in [3.8, 4) is 0 Å². The van der Waals surface area contributed by atoms with Crippen molar-refractivity contribution in [1.29, 1.82) is 5.41 Å². The number of piperazine rings is 1. The van der Waals surface area contributed by atoms with Gasteiger partial charge in [-0.05, 0) is 38.8 Å². The Kier molecular flexibility index (Phi) is 5.17. The van der Waals surface area contributed by atoms with Crippen LogP contribution < -0.4 is 10.6 Å². The second-order valence-electron chi connectivity index (χ2n) is 5.77. The van der Waals surface area contributed by atoms with Gasteiger partial charge in [-0.25, -0.2) is 0 Å². The summed E-state index contributed by atoms with van der Waals surface area (Å²) < 4.78 is 0. The quantitative estimate of drug-likeness (QED) is 0.510. The van der Waals surface area contributed by atoms with Crippen LogP contribution in [0.25, 0.3) is 0 Å². The molecule has 0 radical (unpaired) electrons. The lowest BCUT2D eigenvalue weighted by molar-refractivity contribution is 0.170. The van der Waals surface area contributed by atoms with E-state index in [1.807, 2.05) is 0 Å². The molecule has 1 aliphatic rings. The summed E-state index contributed by atoms with van der Waals surface area (Å²) >= 11 is 1.75. The largest absolute Gasteiger partial charge is 0.384 e. The molecule has 1 aliphatic heterocycles. The van der Waals surface area contributed by atoms with E-state index in [1.54, 1.807) is 11.8 Å². The molecular weight excluding hydrogens is 280 g/mol. The van der Waals surface area contributed by atoms with Crippen molar-refractivity contribution in [3.63, 3.8) is 0 Å². The third kappa shape index (κ3) is 3.35. The molecule has 0 spiro atoms. The molecule has 0 aromatic heterocycles. The van der Waals surface area contributed by atoms with Gasteiger partial charge in [0.2, 0.25) is 0 Å². The number of anilines is 1. The molecule has 1 fully saturated rings. The first-order valence-corrected chi connectivity index (χ1v) is 8.51. The Morgan fingerprint density at radius 3 is 2.48 bits per heavy atom. The van der Waals surface area contributed by atoms with Crippen LogP contribution in [0.3, 0.4) is 0 Å². The van der Waals surface area contributed by atoms with Crippen LogP contribution in [0.15, 0.2) is 23.1 Å². The van der Waals surface area contributed by atoms with Gasteiger partial charge >= 0.3 is 0 Å². The molecule has 0 saturated carbocycles. The number of nitrogens with zero attached hydrogens (tertiary/aromatic N) is 2. The van der Waals surface area contributed by atoms with Crippen LogP contribution in [0.1, 0.15) is 26.3 Å². The molecule has 2 rings (SSSR count). The van der Waals surface area contributed by atoms with Crippen molar-refractivity contribution in [2.24, 2.45) is 5.73 Å². The van der Waals surface area contributed by atoms with Gasteiger partial charge in [-0.2, -0.15) is 0 Å². The fraction of sp³-hybridized carbons (Fsp3) is 0.562. The second kappa shape index (κ2) is 6.71. The predicted octanol–water partition coefficient (Wildman–Crippen LogP) is 2.61. The highest BCUT2D eigenvalue weighted by Crippen LogP contribution is 2.32. The van der Waals surface area contributed by atoms with E-state index >= 15 is 0 Å². The second-order valence-corrected chi connectivity index (χ2v) is 7.07. The van der Waals surface area contributed by atoms with Crippen LogP contribution in [0.2, 0.25) is 0 Å². The summed E-state index contributed by atoms with van der Waals surface area (Å²) in [6, 6.07) is 7.23. The number of amidine groups is 1. The summed E-state index contributed by atoms with van der Waals surface area (Å²) in [5.74, 6) is 1.15. The van der Waals surface area contributed by atoms with Gasteiger partial charge in [-0.3, -0.25) is 10.3 Å². The smallest absolute Gasteiger partial charge is 0.126 e. The lowest BCUT2D eigenvalue weighted by Gasteiger charge is -2.44. The first kappa shape index (κ1) is 16.2. The lowest BCUT2D eigenvalue weighted by atomic mass is 10.1. The average molecular weight is 306 g/mol. The number of hydrogen-bond acceptors (Lipinski definition) is 4. The Bertz CT molecular complexity index is 505. The molecule has 2 unspecified atom stereocenters. The van der Waals surface area contributed by atoms with Crippen molar-refractivity contribution >= 4 is 23.3 Å². The third-order valence-electron chi connectivity index (χ3n) is 4.27. The predicted molar refractivity (Wildman–Crippen MR) is 92.8 cm³/mol. The maximum atomic E-state index is 7.98. The van der Waals surface area contributed by atoms with E-state index in [0.717, 1.165) is 35.0 Å². The molecule has 2 atom stereocenters. The van der Waals surface area contributed by atoms with E-state index < -0.39 is 0 Å². The summed E-state index contributed by atoms with van der Waals surface area (Å²) in [7, 11) is 2.18. The molecule has 0 bridgehead atoms. The molecule has 1 saturated heterocycles. The fourth-order valence-corrected chi connectivity index (χ4v) is 3.78. The van der Waals surface area contributed by atoms with Crippen molar-refractivity contribution < 1.29 is 0 Å². The molecule has 4 nitrogen and oxygen atoms in total. The van der Waals surface area contributed by atoms with Crippen LogP contribution in [0, 0.1) is 5.41 Å². The molecule has 5 heteroatoms. The number of nitrogens with two attached hydrogens (primary N) is 1. The molecule has 21 heavy (non-hydrogen) atoms. The Hall–Kier alpha value is -1.20. The fourth-order valence-electron chi connectivity index (χ4n) is 2.93. The standard InChI is InChI=1S/C16H26N4S/c1-5-21-14-8-6-7-13(15(14)16(17)18)20-9-11(2)19(4)12(3)10-20/h6-8,11-12H,5,9-10H2,1-4H3,(H3,17,18). The molecular formula is C16H26N4S. The monoisotopic (exact) mass is 306 g/mol. The average Bonchev–Trinajstić information content (AvgIpc) is 2.44. The van der Waals surface area contributed by atoms with Crippen molar-refractivity contribution in [1.82, 2.24) is 4.90 Å². The lowest BCUT2D eigenvalue weighted by Crippen LogP contribution is -2.55. The molecule has 3 N–H and O–H groups in total. The number of hydrogen-bond donors (Lipinski definition) is 2. The highest BCUT2D eigenvalue weighted by molar-refractivity contribution is 7.99. The van der Waals surface area contributed by atoms with E-state index in [1.165, 1.54) is 0 Å². The first-order valence-electron chi connectivity index (χ1n) is 7.52. The summed E-state index contributed by atoms with van der Waals surface area (Å²) in [6.07, 6.45) is 0. The van der Waals surface area contributed by atoms with Gasteiger partial charge < -0.3 is 10.6 Å². The van der Waals surface area contributed by atoms with Crippen LogP contribution in [0.4, 0.5) is 5.69 Å². The van der Waals surface area contributed by atoms with E-state index in [2.05, 4.69) is 55.8 Å². The summed E-state index contributed by atoms with van der Waals surface area (Å²) in [6.45, 7) is 8.57. The number of likely N-dealkylation sites (N-methyl/N-ethyl adjacent to an activating group) is 1. The van der Waals surface area contributed by atoms with E-state index in [0.29, 0.717) is 12.1 Å². The van der Waals surface area contributed by atoms with Crippen LogP contribution in [-0.2, 0) is 0 Å². The minimum absolute atomic E-state index is 0.167. The minimum atomic E-state index is 0.167. The van der Waals surface area contributed by atoms with Gasteiger partial charge in [0.25, 0.3) is 0 Å². The highest BCUT2D eigenvalue weighted by atomic mass is 32.2. The van der Waals surface area contributed by atoms with Gasteiger partial charge in [-0.1, -0.05) is 13.0 Å². The van der Waals surface area contributed by atoms with Gasteiger partial charge in [0.05, 0.1) is 5.56 Å². The maximum Gasteiger partial charge on any atom is 0.126 e. The summed E-state index contributed by atoms with van der Waals surface area (Å²) in [5, 5.41) is 7.98. The summed E-state index contributed by atoms with van der Waals surface area (Å²) in [4.78, 5) is 5.90. The maximum absolute atomic E-state index is 7.98. The third-order valence-corrected chi connectivity index (χ3v) is 5.21. The zero-order valence-electron chi connectivity index (χ0n) is 13.4. The molecule has 1 aromatic rings. The van der Waals surface area contributed by atoms with Crippen molar-refractivity contribution in [3.05, 3.63) is 23.8 Å². The van der Waals surface area contributed by atoms with Gasteiger partial charge in [-0.15, -0.1) is 11.8 Å². The topological polar surface area (TPSA) is 56.4 Å². The number of rotatable bonds is 4. The van der Waals surface area contributed by atoms with Gasteiger partial charge in [0.15, 0.2) is 0 Å². The number of benzene rings is 1. The van der Waals surface area contributed by atoms with Crippen molar-refractivity contribution in [2.45, 2.75) is 37.8 Å². The number of nitrogens with one attached hydrogen (secondary N) is 1. The SMILES string of the molecule is CCSc1cccc(N2CC(C)N(C)C(C)C2)c1C(=N)N. The zero-order valence-corrected chi connectivity index (χ0v) is 14.2. The highest BCUT2D eigenvalue weighted by Gasteiger charge is 2.28. The van der Waals surface area contributed by atoms with E-state index in [9.17, 15) is 0 Å². The normalized spacial score (nSPS) is 23.3.